The van der Waals surface area contributed by atoms with Gasteiger partial charge in [-0.05, 0) is 87.9 Å². The number of carboxylic acid groups (broad SMARTS) is 1. The Hall–Kier alpha value is -4.28. The highest BCUT2D eigenvalue weighted by atomic mass is 32.2. The molecule has 17 nitrogen and oxygen atoms in total. The minimum Gasteiger partial charge on any atom is -0.748 e. The smallest absolute Gasteiger partial charge is 0.303 e. The first-order valence-electron chi connectivity index (χ1n) is 19.7. The Morgan fingerprint density at radius 1 is 0.836 bits per heavy atom. The molecule has 1 amide bonds. The molecule has 2 aromatic rings. The highest BCUT2D eigenvalue weighted by Crippen LogP contribution is 2.51. The zero-order valence-electron chi connectivity index (χ0n) is 34.7. The molecule has 20 heteroatoms. The van der Waals surface area contributed by atoms with Crippen LogP contribution >= 0.6 is 0 Å². The largest absolute Gasteiger partial charge is 0.748 e. The molecule has 0 aliphatic carbocycles. The van der Waals surface area contributed by atoms with Crippen LogP contribution in [-0.4, -0.2) is 119 Å². The molecule has 2 atom stereocenters. The number of nitrogens with zero attached hydrogens (tertiary/aromatic N) is 2. The van der Waals surface area contributed by atoms with Gasteiger partial charge in [-0.1, -0.05) is 18.2 Å². The molecule has 2 aliphatic rings. The normalized spacial score (nSPS) is 20.0. The summed E-state index contributed by atoms with van der Waals surface area (Å²) in [4.78, 5) is 25.2. The van der Waals surface area contributed by atoms with E-state index in [9.17, 15) is 48.5 Å². The van der Waals surface area contributed by atoms with E-state index < -0.39 is 57.8 Å². The van der Waals surface area contributed by atoms with Gasteiger partial charge >= 0.3 is 5.97 Å². The zero-order valence-corrected chi connectivity index (χ0v) is 37.1. The number of benzene rings is 2. The Morgan fingerprint density at radius 3 is 2.16 bits per heavy atom. The van der Waals surface area contributed by atoms with E-state index in [0.29, 0.717) is 86.0 Å². The van der Waals surface area contributed by atoms with E-state index in [1.165, 1.54) is 37.4 Å². The fourth-order valence-corrected chi connectivity index (χ4v) is 9.50. The molecule has 3 N–H and O–H groups in total. The van der Waals surface area contributed by atoms with Crippen molar-refractivity contribution in [2.24, 2.45) is 0 Å². The van der Waals surface area contributed by atoms with Crippen molar-refractivity contribution in [1.29, 1.82) is 0 Å². The van der Waals surface area contributed by atoms with Crippen molar-refractivity contribution in [3.8, 4) is 0 Å². The highest BCUT2D eigenvalue weighted by molar-refractivity contribution is 7.86. The Kier molecular flexibility index (Phi) is 16.8. The van der Waals surface area contributed by atoms with Crippen molar-refractivity contribution >= 4 is 59.3 Å². The van der Waals surface area contributed by atoms with Gasteiger partial charge in [-0.25, -0.2) is 16.8 Å². The molecular weight excluding hydrogens is 855 g/mol. The lowest BCUT2D eigenvalue weighted by Gasteiger charge is -2.30. The van der Waals surface area contributed by atoms with Gasteiger partial charge in [0.15, 0.2) is 5.71 Å². The minimum atomic E-state index is -4.88. The molecule has 0 saturated carbocycles. The summed E-state index contributed by atoms with van der Waals surface area (Å²) in [6, 6.07) is 8.31. The summed E-state index contributed by atoms with van der Waals surface area (Å²) in [5, 5.41) is 11.9. The summed E-state index contributed by atoms with van der Waals surface area (Å²) in [6.45, 7) is 5.30. The second-order valence-corrected chi connectivity index (χ2v) is 19.7. The number of carbonyl (C=O) groups is 2. The van der Waals surface area contributed by atoms with E-state index in [1.54, 1.807) is 44.4 Å². The van der Waals surface area contributed by atoms with Gasteiger partial charge < -0.3 is 33.9 Å². The lowest BCUT2D eigenvalue weighted by Crippen LogP contribution is -2.33. The molecule has 0 fully saturated rings. The van der Waals surface area contributed by atoms with Crippen LogP contribution in [0.15, 0.2) is 82.3 Å². The van der Waals surface area contributed by atoms with Gasteiger partial charge in [0, 0.05) is 86.8 Å². The van der Waals surface area contributed by atoms with E-state index >= 15 is 0 Å². The van der Waals surface area contributed by atoms with Gasteiger partial charge in [-0.15, -0.1) is 0 Å². The van der Waals surface area contributed by atoms with Crippen LogP contribution in [-0.2, 0) is 60.2 Å². The number of nitrogens with one attached hydrogen (secondary N) is 1. The number of aliphatic carboxylic acids is 1. The average Bonchev–Trinajstić information content (AvgIpc) is 3.54. The first-order chi connectivity index (χ1) is 28.6. The van der Waals surface area contributed by atoms with E-state index in [-0.39, 0.29) is 42.9 Å². The van der Waals surface area contributed by atoms with Crippen LogP contribution in [0.2, 0.25) is 0 Å². The Bertz CT molecular complexity index is 2410. The topological polar surface area (TPSA) is 260 Å². The zero-order chi connectivity index (χ0) is 45.2. The maximum Gasteiger partial charge on any atom is 0.303 e. The lowest BCUT2D eigenvalue weighted by molar-refractivity contribution is -0.438. The number of rotatable bonds is 24. The van der Waals surface area contributed by atoms with Gasteiger partial charge in [-0.3, -0.25) is 14.1 Å². The minimum absolute atomic E-state index is 0.0181. The van der Waals surface area contributed by atoms with Gasteiger partial charge in [-0.2, -0.15) is 13.0 Å². The molecule has 2 aliphatic heterocycles. The summed E-state index contributed by atoms with van der Waals surface area (Å²) in [5.41, 5.74) is 1.60. The van der Waals surface area contributed by atoms with Crippen LogP contribution in [0, 0.1) is 0 Å². The number of fused-ring (bicyclic) bond motifs is 2. The molecular formula is C41H54N3O14S3-. The molecule has 0 radical (unpaired) electrons. The quantitative estimate of drug-likeness (QED) is 0.0579. The van der Waals surface area contributed by atoms with Crippen molar-refractivity contribution in [2.75, 3.05) is 57.7 Å². The standard InChI is InChI=1S/C41H55N3O14S3/c1-40(20-11-27-59(48,49)50)32-28-30(60(51,52)53)15-17-34(32)43(23-10-6-9-14-39(46)47)36(40)12-7-5-8-13-37-41(2,21-19-38(45)42-22-25-57-3)33-29-31(61(54,55)56)16-18-35(33)44(37)24-26-58-4/h5,7-8,12-13,15-18,28-29H,6,9-11,14,19-27H2,1-4H3,(H4-,42,45,46,47,48,49,50,51,52,53,54,55,56)/p-1. The van der Waals surface area contributed by atoms with E-state index in [1.807, 2.05) is 22.5 Å². The van der Waals surface area contributed by atoms with Crippen molar-refractivity contribution in [1.82, 2.24) is 5.32 Å². The van der Waals surface area contributed by atoms with Crippen LogP contribution < -0.4 is 10.2 Å². The van der Waals surface area contributed by atoms with Gasteiger partial charge in [0.1, 0.15) is 16.7 Å². The molecule has 336 valence electrons. The molecule has 2 heterocycles. The van der Waals surface area contributed by atoms with Crippen molar-refractivity contribution in [2.45, 2.75) is 85.8 Å². The summed E-state index contributed by atoms with van der Waals surface area (Å²) in [6.07, 6.45) is 10.7. The van der Waals surface area contributed by atoms with Crippen molar-refractivity contribution in [3.05, 3.63) is 83.6 Å². The summed E-state index contributed by atoms with van der Waals surface area (Å²) in [5.74, 6) is -1.83. The number of methoxy groups -OCH3 is 2. The van der Waals surface area contributed by atoms with Crippen LogP contribution in [0.4, 0.5) is 11.4 Å². The van der Waals surface area contributed by atoms with Crippen LogP contribution in [0.5, 0.6) is 0 Å². The maximum absolute atomic E-state index is 12.9. The van der Waals surface area contributed by atoms with Crippen molar-refractivity contribution < 1.29 is 67.7 Å². The first kappa shape index (κ1) is 49.4. The number of hydrogen-bond donors (Lipinski definition) is 3. The van der Waals surface area contributed by atoms with Gasteiger partial charge in [0.2, 0.25) is 11.6 Å². The second-order valence-electron chi connectivity index (χ2n) is 15.3. The summed E-state index contributed by atoms with van der Waals surface area (Å²) < 4.78 is 118. The Morgan fingerprint density at radius 2 is 1.52 bits per heavy atom. The average molecular weight is 909 g/mol. The molecule has 0 spiro atoms. The number of allylic oxidation sites excluding steroid dienone is 6. The number of hydrogen-bond acceptors (Lipinski definition) is 13. The third-order valence-corrected chi connectivity index (χ3v) is 13.5. The Balaban J connectivity index is 1.81. The molecule has 2 aromatic carbocycles. The molecule has 0 bridgehead atoms. The number of carboxylic acids is 1. The number of carbonyl (C=O) groups excluding carboxylic acids is 1. The maximum atomic E-state index is 12.9. The molecule has 0 saturated heterocycles. The number of unbranched alkanes of at least 4 members (excludes halogenated alkanes) is 2. The predicted molar refractivity (Wildman–Crippen MR) is 225 cm³/mol. The SMILES string of the molecule is COCCNC(=O)CCC1(C)C(=CC=CC=CC2=[N+](CCCCCC(=O)O)c3ccc(S(=O)(=O)[O-])cc3C2(C)CCCS(=O)(=O)[O-])N(CCOC)c2ccc(S(=O)(=O)O)cc21. The third kappa shape index (κ3) is 12.7. The predicted octanol–water partition coefficient (Wildman–Crippen LogP) is 4.13. The number of anilines is 1. The fourth-order valence-electron chi connectivity index (χ4n) is 8.00. The first-order valence-corrected chi connectivity index (χ1v) is 24.1. The third-order valence-electron chi connectivity index (χ3n) is 11.1. The van der Waals surface area contributed by atoms with Gasteiger partial charge in [0.25, 0.3) is 10.1 Å². The van der Waals surface area contributed by atoms with E-state index in [4.69, 9.17) is 14.6 Å². The molecule has 2 unspecified atom stereocenters. The van der Waals surface area contributed by atoms with Crippen LogP contribution in [0.3, 0.4) is 0 Å². The molecule has 4 rings (SSSR count). The van der Waals surface area contributed by atoms with E-state index in [2.05, 4.69) is 5.32 Å². The lowest BCUT2D eigenvalue weighted by atomic mass is 9.76. The van der Waals surface area contributed by atoms with E-state index in [0.717, 1.165) is 0 Å². The molecule has 61 heavy (non-hydrogen) atoms. The summed E-state index contributed by atoms with van der Waals surface area (Å²) >= 11 is 0. The van der Waals surface area contributed by atoms with Crippen molar-refractivity contribution in [3.63, 3.8) is 0 Å². The van der Waals surface area contributed by atoms with Crippen LogP contribution in [0.1, 0.15) is 76.3 Å². The summed E-state index contributed by atoms with van der Waals surface area (Å²) in [7, 11) is -11.0. The monoisotopic (exact) mass is 908 g/mol. The highest BCUT2D eigenvalue weighted by Gasteiger charge is 2.48. The number of amides is 1. The van der Waals surface area contributed by atoms with Gasteiger partial charge in [0.05, 0.1) is 38.5 Å². The second kappa shape index (κ2) is 20.7. The van der Waals surface area contributed by atoms with Crippen LogP contribution in [0.25, 0.3) is 0 Å². The number of ether oxygens (including phenoxy) is 2. The molecule has 0 aromatic heterocycles. The fraction of sp³-hybridized carbons (Fsp3) is 0.488. The Labute approximate surface area is 358 Å².